The predicted molar refractivity (Wildman–Crippen MR) is 102 cm³/mol. The van der Waals surface area contributed by atoms with Crippen LogP contribution in [0.1, 0.15) is 5.56 Å². The molecule has 2 aromatic rings. The van der Waals surface area contributed by atoms with Crippen LogP contribution in [-0.2, 0) is 4.79 Å². The zero-order chi connectivity index (χ0) is 19.4. The van der Waals surface area contributed by atoms with Gasteiger partial charge in [0.05, 0.1) is 12.7 Å². The van der Waals surface area contributed by atoms with Crippen molar-refractivity contribution in [1.82, 2.24) is 5.32 Å². The number of rotatable bonds is 7. The Morgan fingerprint density at radius 2 is 1.89 bits per heavy atom. The van der Waals surface area contributed by atoms with Crippen LogP contribution in [0.15, 0.2) is 42.0 Å². The summed E-state index contributed by atoms with van der Waals surface area (Å²) in [4.78, 5) is 14.4. The highest BCUT2D eigenvalue weighted by molar-refractivity contribution is 6.02. The van der Waals surface area contributed by atoms with Gasteiger partial charge in [0.15, 0.2) is 0 Å². The summed E-state index contributed by atoms with van der Waals surface area (Å²) in [5.41, 5.74) is 1.79. The van der Waals surface area contributed by atoms with Crippen LogP contribution in [0.3, 0.4) is 0 Å². The maximum absolute atomic E-state index is 12.1. The van der Waals surface area contributed by atoms with E-state index in [1.807, 2.05) is 30.3 Å². The Morgan fingerprint density at radius 3 is 2.56 bits per heavy atom. The van der Waals surface area contributed by atoms with E-state index in [1.54, 1.807) is 0 Å². The van der Waals surface area contributed by atoms with Crippen molar-refractivity contribution in [3.8, 4) is 6.07 Å². The molecule has 2 aromatic carbocycles. The lowest BCUT2D eigenvalue weighted by Crippen LogP contribution is -2.40. The minimum atomic E-state index is -1.35. The molecule has 7 heteroatoms. The molecule has 4 N–H and O–H groups in total. The van der Waals surface area contributed by atoms with Gasteiger partial charge < -0.3 is 25.5 Å². The predicted octanol–water partition coefficient (Wildman–Crippen LogP) is 0.397. The molecule has 1 saturated heterocycles. The molecule has 7 nitrogen and oxygen atoms in total. The Kier molecular flexibility index (Phi) is 5.72. The third-order valence-electron chi connectivity index (χ3n) is 4.44. The molecule has 140 valence electrons. The number of anilines is 1. The number of aliphatic hydroxyl groups excluding tert-OH is 3. The van der Waals surface area contributed by atoms with E-state index in [-0.39, 0.29) is 12.1 Å². The molecule has 2 atom stereocenters. The van der Waals surface area contributed by atoms with Gasteiger partial charge in [0.1, 0.15) is 17.7 Å². The van der Waals surface area contributed by atoms with Gasteiger partial charge in [0, 0.05) is 25.3 Å². The molecule has 1 amide bonds. The molecular formula is C20H21N3O4. The van der Waals surface area contributed by atoms with Crippen molar-refractivity contribution in [1.29, 1.82) is 5.26 Å². The number of nitriles is 1. The first-order chi connectivity index (χ1) is 13.0. The lowest BCUT2D eigenvalue weighted by Gasteiger charge is -2.15. The zero-order valence-corrected chi connectivity index (χ0v) is 14.7. The number of carbonyl (C=O) groups is 1. The molecule has 27 heavy (non-hydrogen) atoms. The second-order valence-corrected chi connectivity index (χ2v) is 6.48. The number of hydrogen-bond donors (Lipinski definition) is 4. The molecule has 1 aliphatic rings. The third kappa shape index (κ3) is 4.63. The number of nitrogens with zero attached hydrogens (tertiary/aromatic N) is 2. The van der Waals surface area contributed by atoms with Gasteiger partial charge in [-0.3, -0.25) is 4.79 Å². The van der Waals surface area contributed by atoms with Crippen LogP contribution >= 0.6 is 0 Å². The van der Waals surface area contributed by atoms with Gasteiger partial charge >= 0.3 is 0 Å². The first-order valence-electron chi connectivity index (χ1n) is 8.67. The van der Waals surface area contributed by atoms with Gasteiger partial charge in [-0.15, -0.1) is 0 Å². The van der Waals surface area contributed by atoms with Gasteiger partial charge in [-0.05, 0) is 40.6 Å². The van der Waals surface area contributed by atoms with Crippen LogP contribution in [0, 0.1) is 11.3 Å². The smallest absolute Gasteiger partial charge is 0.262 e. The summed E-state index contributed by atoms with van der Waals surface area (Å²) < 4.78 is 0. The largest absolute Gasteiger partial charge is 0.394 e. The average Bonchev–Trinajstić information content (AvgIpc) is 3.54. The number of carbonyl (C=O) groups excluding carboxylic acids is 1. The maximum atomic E-state index is 12.1. The van der Waals surface area contributed by atoms with Crippen molar-refractivity contribution in [3.05, 3.63) is 47.5 Å². The number of aliphatic hydroxyl groups is 3. The second-order valence-electron chi connectivity index (χ2n) is 6.48. The molecule has 0 bridgehead atoms. The van der Waals surface area contributed by atoms with Gasteiger partial charge in [-0.2, -0.15) is 5.26 Å². The molecule has 1 fully saturated rings. The van der Waals surface area contributed by atoms with E-state index < -0.39 is 24.7 Å². The van der Waals surface area contributed by atoms with Crippen LogP contribution in [0.4, 0.5) is 5.69 Å². The lowest BCUT2D eigenvalue weighted by atomic mass is 10.0. The topological polar surface area (TPSA) is 117 Å². The fraction of sp³-hybridized carbons (Fsp3) is 0.300. The molecule has 0 aliphatic carbocycles. The van der Waals surface area contributed by atoms with Crippen molar-refractivity contribution in [3.63, 3.8) is 0 Å². The minimum absolute atomic E-state index is 0.110. The number of amides is 1. The summed E-state index contributed by atoms with van der Waals surface area (Å²) in [7, 11) is 0. The highest BCUT2D eigenvalue weighted by Gasteiger charge is 2.18. The van der Waals surface area contributed by atoms with Crippen LogP contribution in [-0.4, -0.2) is 59.7 Å². The minimum Gasteiger partial charge on any atom is -0.394 e. The molecule has 0 saturated carbocycles. The fourth-order valence-corrected chi connectivity index (χ4v) is 2.71. The van der Waals surface area contributed by atoms with E-state index in [2.05, 4.69) is 22.3 Å². The van der Waals surface area contributed by atoms with E-state index in [0.717, 1.165) is 23.9 Å². The monoisotopic (exact) mass is 367 g/mol. The Bertz CT molecular complexity index is 915. The zero-order valence-electron chi connectivity index (χ0n) is 14.7. The summed E-state index contributed by atoms with van der Waals surface area (Å²) in [6.45, 7) is 1.28. The number of fused-ring (bicyclic) bond motifs is 1. The quantitative estimate of drug-likeness (QED) is 0.320. The van der Waals surface area contributed by atoms with Crippen LogP contribution < -0.4 is 10.2 Å². The van der Waals surface area contributed by atoms with Gasteiger partial charge in [0.2, 0.25) is 0 Å². The summed E-state index contributed by atoms with van der Waals surface area (Å²) in [6, 6.07) is 13.7. The van der Waals surface area contributed by atoms with Crippen LogP contribution in [0.2, 0.25) is 0 Å². The Morgan fingerprint density at radius 1 is 1.19 bits per heavy atom. The number of benzene rings is 2. The molecule has 0 aromatic heterocycles. The van der Waals surface area contributed by atoms with E-state index in [0.29, 0.717) is 5.56 Å². The second kappa shape index (κ2) is 8.18. The average molecular weight is 367 g/mol. The number of hydrogen-bond acceptors (Lipinski definition) is 6. The third-order valence-corrected chi connectivity index (χ3v) is 4.44. The molecule has 1 heterocycles. The Balaban J connectivity index is 1.73. The molecule has 0 radical (unpaired) electrons. The Hall–Kier alpha value is -2.92. The maximum Gasteiger partial charge on any atom is 0.262 e. The molecule has 3 rings (SSSR count). The SMILES string of the molecule is N#C/C(=C\c1ccc2cc(N3CC3)ccc2c1)C(=O)NCC(O)C(O)CO. The van der Waals surface area contributed by atoms with Gasteiger partial charge in [0.25, 0.3) is 5.91 Å². The molecule has 0 spiro atoms. The van der Waals surface area contributed by atoms with Crippen molar-refractivity contribution < 1.29 is 20.1 Å². The lowest BCUT2D eigenvalue weighted by molar-refractivity contribution is -0.118. The summed E-state index contributed by atoms with van der Waals surface area (Å²) >= 11 is 0. The highest BCUT2D eigenvalue weighted by atomic mass is 16.4. The van der Waals surface area contributed by atoms with Crippen molar-refractivity contribution >= 4 is 28.4 Å². The van der Waals surface area contributed by atoms with E-state index in [9.17, 15) is 20.3 Å². The van der Waals surface area contributed by atoms with Crippen molar-refractivity contribution in [2.45, 2.75) is 12.2 Å². The van der Waals surface area contributed by atoms with E-state index in [4.69, 9.17) is 5.11 Å². The van der Waals surface area contributed by atoms with Crippen LogP contribution in [0.5, 0.6) is 0 Å². The fourth-order valence-electron chi connectivity index (χ4n) is 2.71. The normalized spacial score (nSPS) is 15.9. The first-order valence-corrected chi connectivity index (χ1v) is 8.67. The van der Waals surface area contributed by atoms with Gasteiger partial charge in [-0.1, -0.05) is 18.2 Å². The summed E-state index contributed by atoms with van der Waals surface area (Å²) in [5.74, 6) is -0.654. The van der Waals surface area contributed by atoms with Crippen molar-refractivity contribution in [2.24, 2.45) is 0 Å². The highest BCUT2D eigenvalue weighted by Crippen LogP contribution is 2.27. The summed E-state index contributed by atoms with van der Waals surface area (Å²) in [5, 5.41) is 41.4. The van der Waals surface area contributed by atoms with E-state index >= 15 is 0 Å². The summed E-state index contributed by atoms with van der Waals surface area (Å²) in [6.07, 6.45) is -1.19. The van der Waals surface area contributed by atoms with Crippen LogP contribution in [0.25, 0.3) is 16.8 Å². The standard InChI is InChI=1S/C20H21N3O4/c21-10-16(20(27)22-11-18(25)19(26)12-24)8-13-1-2-15-9-17(23-5-6-23)4-3-14(15)7-13/h1-4,7-9,18-19,24-26H,5-6,11-12H2,(H,22,27)/b16-8+. The van der Waals surface area contributed by atoms with Gasteiger partial charge in [-0.25, -0.2) is 0 Å². The first kappa shape index (κ1) is 18.9. The number of nitrogens with one attached hydrogen (secondary N) is 1. The molecular weight excluding hydrogens is 346 g/mol. The Labute approximate surface area is 156 Å². The van der Waals surface area contributed by atoms with Crippen molar-refractivity contribution in [2.75, 3.05) is 31.1 Å². The molecule has 1 aliphatic heterocycles. The molecule has 2 unspecified atom stereocenters. The van der Waals surface area contributed by atoms with E-state index in [1.165, 1.54) is 11.8 Å².